The Morgan fingerprint density at radius 2 is 1.91 bits per heavy atom. The first kappa shape index (κ1) is 34.6. The maximum atomic E-state index is 12.5. The van der Waals surface area contributed by atoms with Gasteiger partial charge < -0.3 is 34.7 Å². The van der Waals surface area contributed by atoms with Crippen molar-refractivity contribution in [3.8, 4) is 17.2 Å². The van der Waals surface area contributed by atoms with E-state index in [0.717, 1.165) is 12.7 Å². The number of urea groups is 1. The summed E-state index contributed by atoms with van der Waals surface area (Å²) < 4.78 is 24.5. The van der Waals surface area contributed by atoms with E-state index in [0.29, 0.717) is 45.7 Å². The van der Waals surface area contributed by atoms with Crippen LogP contribution in [0.4, 0.5) is 4.79 Å². The predicted molar refractivity (Wildman–Crippen MR) is 187 cm³/mol. The van der Waals surface area contributed by atoms with Crippen LogP contribution in [0.2, 0.25) is 5.02 Å². The molecule has 45 heavy (non-hydrogen) atoms. The molecule has 2 amide bonds. The van der Waals surface area contributed by atoms with Crippen molar-refractivity contribution in [2.75, 3.05) is 20.3 Å². The molecule has 0 radical (unpaired) electrons. The van der Waals surface area contributed by atoms with Gasteiger partial charge in [-0.1, -0.05) is 35.9 Å². The van der Waals surface area contributed by atoms with Gasteiger partial charge in [0.1, 0.15) is 19.0 Å². The van der Waals surface area contributed by atoms with E-state index in [2.05, 4.69) is 66.3 Å². The summed E-state index contributed by atoms with van der Waals surface area (Å²) in [7, 11) is 1.28. The van der Waals surface area contributed by atoms with E-state index in [1.165, 1.54) is 7.11 Å². The standard InChI is InChI=1S/C31H31ClI2N4O7/c1-4-43-25-12-18(28-27(30(40)42-3)17(2)36-31(41)37-28)9-10-24(25)44-16-26(39)38-35-14-20-11-21(33)13-23(34)29(20)45-15-19-7-5-6-8-22(19)32/h5-14,26,28,38-39H,4,15-16H2,1-3H3,(H2,36,37,41)/b35-14+/t26-,28-/m1/s1. The van der Waals surface area contributed by atoms with Gasteiger partial charge in [0.25, 0.3) is 0 Å². The molecule has 0 fully saturated rings. The minimum absolute atomic E-state index is 0.160. The lowest BCUT2D eigenvalue weighted by Crippen LogP contribution is -2.45. The zero-order valence-electron chi connectivity index (χ0n) is 24.5. The van der Waals surface area contributed by atoms with E-state index in [-0.39, 0.29) is 18.8 Å². The molecule has 11 nitrogen and oxygen atoms in total. The van der Waals surface area contributed by atoms with Crippen LogP contribution in [0.3, 0.4) is 0 Å². The van der Waals surface area contributed by atoms with E-state index < -0.39 is 24.3 Å². The van der Waals surface area contributed by atoms with Crippen LogP contribution in [0.5, 0.6) is 17.2 Å². The van der Waals surface area contributed by atoms with Gasteiger partial charge in [-0.15, -0.1) is 0 Å². The van der Waals surface area contributed by atoms with Crippen molar-refractivity contribution in [2.45, 2.75) is 32.7 Å². The Kier molecular flexibility index (Phi) is 12.6. The van der Waals surface area contributed by atoms with Crippen molar-refractivity contribution < 1.29 is 33.6 Å². The zero-order chi connectivity index (χ0) is 32.5. The third-order valence-corrected chi connectivity index (χ3v) is 8.26. The van der Waals surface area contributed by atoms with E-state index in [1.807, 2.05) is 43.3 Å². The molecular weight excluding hydrogens is 830 g/mol. The monoisotopic (exact) mass is 860 g/mol. The van der Waals surface area contributed by atoms with Crippen LogP contribution < -0.4 is 30.3 Å². The molecule has 0 unspecified atom stereocenters. The first-order chi connectivity index (χ1) is 21.6. The lowest BCUT2D eigenvalue weighted by molar-refractivity contribution is -0.136. The first-order valence-corrected chi connectivity index (χ1v) is 16.2. The predicted octanol–water partition coefficient (Wildman–Crippen LogP) is 5.65. The average molecular weight is 861 g/mol. The quantitative estimate of drug-likeness (QED) is 0.0570. The van der Waals surface area contributed by atoms with Gasteiger partial charge in [0, 0.05) is 25.4 Å². The minimum atomic E-state index is -1.16. The molecule has 14 heteroatoms. The van der Waals surface area contributed by atoms with E-state index in [1.54, 1.807) is 31.3 Å². The van der Waals surface area contributed by atoms with Crippen molar-refractivity contribution in [3.63, 3.8) is 0 Å². The lowest BCUT2D eigenvalue weighted by Gasteiger charge is -2.28. The summed E-state index contributed by atoms with van der Waals surface area (Å²) >= 11 is 10.7. The van der Waals surface area contributed by atoms with Crippen molar-refractivity contribution >= 4 is 75.0 Å². The van der Waals surface area contributed by atoms with Crippen LogP contribution in [0.25, 0.3) is 0 Å². The molecule has 1 aliphatic heterocycles. The molecule has 0 bridgehead atoms. The summed E-state index contributed by atoms with van der Waals surface area (Å²) in [6.45, 7) is 3.90. The maximum Gasteiger partial charge on any atom is 0.337 e. The fraction of sp³-hybridized carbons (Fsp3) is 0.258. The summed E-state index contributed by atoms with van der Waals surface area (Å²) in [6, 6.07) is 15.2. The number of hydrogen-bond acceptors (Lipinski definition) is 9. The molecule has 0 aliphatic carbocycles. The number of hydrazone groups is 1. The Bertz CT molecular complexity index is 1620. The van der Waals surface area contributed by atoms with Crippen LogP contribution >= 0.6 is 56.8 Å². The highest BCUT2D eigenvalue weighted by Gasteiger charge is 2.32. The number of hydrogen-bond donors (Lipinski definition) is 4. The van der Waals surface area contributed by atoms with Gasteiger partial charge in [-0.05, 0) is 94.9 Å². The molecule has 3 aromatic rings. The number of aliphatic hydroxyl groups excluding tert-OH is 1. The van der Waals surface area contributed by atoms with E-state index in [4.69, 9.17) is 30.5 Å². The number of allylic oxidation sites excluding steroid dienone is 1. The molecule has 0 aromatic heterocycles. The van der Waals surface area contributed by atoms with Gasteiger partial charge in [0.05, 0.1) is 35.1 Å². The third kappa shape index (κ3) is 9.14. The third-order valence-electron chi connectivity index (χ3n) is 6.47. The van der Waals surface area contributed by atoms with Crippen LogP contribution in [0.1, 0.15) is 36.6 Å². The topological polar surface area (TPSA) is 140 Å². The molecule has 3 aromatic carbocycles. The molecule has 0 saturated carbocycles. The summed E-state index contributed by atoms with van der Waals surface area (Å²) in [5, 5.41) is 20.7. The fourth-order valence-electron chi connectivity index (χ4n) is 4.41. The average Bonchev–Trinajstić information content (AvgIpc) is 3.00. The van der Waals surface area contributed by atoms with Gasteiger partial charge in [-0.25, -0.2) is 9.59 Å². The van der Waals surface area contributed by atoms with Gasteiger partial charge in [0.2, 0.25) is 0 Å². The molecule has 238 valence electrons. The van der Waals surface area contributed by atoms with Gasteiger partial charge in [0.15, 0.2) is 17.7 Å². The number of aliphatic hydroxyl groups is 1. The summed E-state index contributed by atoms with van der Waals surface area (Å²) in [5.74, 6) is 0.791. The molecule has 0 saturated heterocycles. The van der Waals surface area contributed by atoms with Crippen molar-refractivity contribution in [1.82, 2.24) is 16.1 Å². The van der Waals surface area contributed by atoms with Crippen molar-refractivity contribution in [3.05, 3.63) is 94.7 Å². The summed E-state index contributed by atoms with van der Waals surface area (Å²) in [5.41, 5.74) is 5.49. The lowest BCUT2D eigenvalue weighted by atomic mass is 9.95. The second-order valence-corrected chi connectivity index (χ2v) is 12.4. The molecule has 1 aliphatic rings. The van der Waals surface area contributed by atoms with Crippen LogP contribution in [0.15, 0.2) is 71.0 Å². The highest BCUT2D eigenvalue weighted by molar-refractivity contribution is 14.1. The van der Waals surface area contributed by atoms with Crippen LogP contribution in [-0.4, -0.2) is 49.9 Å². The van der Waals surface area contributed by atoms with Gasteiger partial charge in [-0.3, -0.25) is 5.43 Å². The molecule has 4 N–H and O–H groups in total. The highest BCUT2D eigenvalue weighted by Crippen LogP contribution is 2.35. The molecule has 4 rings (SSSR count). The number of carbonyl (C=O) groups is 2. The second-order valence-electron chi connectivity index (χ2n) is 9.60. The second kappa shape index (κ2) is 16.3. The number of nitrogens with one attached hydrogen (secondary N) is 3. The minimum Gasteiger partial charge on any atom is -0.490 e. The number of nitrogens with zero attached hydrogens (tertiary/aromatic N) is 1. The number of ether oxygens (including phenoxy) is 4. The van der Waals surface area contributed by atoms with Gasteiger partial charge >= 0.3 is 12.0 Å². The first-order valence-electron chi connectivity index (χ1n) is 13.7. The maximum absolute atomic E-state index is 12.5. The highest BCUT2D eigenvalue weighted by atomic mass is 127. The SMILES string of the molecule is CCOc1cc([C@H]2NC(=O)NC(C)=C2C(=O)OC)ccc1OC[C@@H](O)N/N=C/c1cc(I)cc(I)c1OCc1ccccc1Cl. The molecular formula is C31H31ClI2N4O7. The largest absolute Gasteiger partial charge is 0.490 e. The number of amides is 2. The Morgan fingerprint density at radius 3 is 2.64 bits per heavy atom. The summed E-state index contributed by atoms with van der Waals surface area (Å²) in [4.78, 5) is 24.6. The molecule has 2 atom stereocenters. The van der Waals surface area contributed by atoms with Crippen molar-refractivity contribution in [1.29, 1.82) is 0 Å². The smallest absolute Gasteiger partial charge is 0.337 e. The van der Waals surface area contributed by atoms with Crippen LogP contribution in [0, 0.1) is 7.14 Å². The van der Waals surface area contributed by atoms with E-state index >= 15 is 0 Å². The number of halogens is 3. The number of carbonyl (C=O) groups excluding carboxylic acids is 2. The Labute approximate surface area is 293 Å². The number of rotatable bonds is 13. The Balaban J connectivity index is 1.43. The van der Waals surface area contributed by atoms with Crippen molar-refractivity contribution in [2.24, 2.45) is 5.10 Å². The molecule has 1 heterocycles. The number of esters is 1. The zero-order valence-corrected chi connectivity index (χ0v) is 29.6. The Morgan fingerprint density at radius 1 is 1.13 bits per heavy atom. The van der Waals surface area contributed by atoms with Gasteiger partial charge in [-0.2, -0.15) is 5.10 Å². The number of benzene rings is 3. The van der Waals surface area contributed by atoms with E-state index in [9.17, 15) is 14.7 Å². The normalized spacial score (nSPS) is 15.3. The summed E-state index contributed by atoms with van der Waals surface area (Å²) in [6.07, 6.45) is 0.405. The van der Waals surface area contributed by atoms with Crippen LogP contribution in [-0.2, 0) is 16.1 Å². The Hall–Kier alpha value is -3.28. The molecule has 0 spiro atoms. The fourth-order valence-corrected chi connectivity index (χ4v) is 6.64. The number of methoxy groups -OCH3 is 1.